The minimum Gasteiger partial charge on any atom is -0.495 e. The Morgan fingerprint density at radius 1 is 1.22 bits per heavy atom. The van der Waals surface area contributed by atoms with E-state index in [9.17, 15) is 17.6 Å². The molecule has 0 fully saturated rings. The summed E-state index contributed by atoms with van der Waals surface area (Å²) in [4.78, 5) is 11.3. The van der Waals surface area contributed by atoms with Crippen molar-refractivity contribution in [1.29, 1.82) is 0 Å². The van der Waals surface area contributed by atoms with E-state index >= 15 is 0 Å². The van der Waals surface area contributed by atoms with Gasteiger partial charge in [0.05, 0.1) is 17.7 Å². The normalized spacial score (nSPS) is 11.2. The number of hydrogen-bond donors (Lipinski definition) is 2. The molecule has 0 saturated carbocycles. The van der Waals surface area contributed by atoms with E-state index < -0.39 is 10.0 Å². The van der Waals surface area contributed by atoms with Gasteiger partial charge in [0, 0.05) is 25.0 Å². The molecule has 1 amide bonds. The Labute approximate surface area is 162 Å². The van der Waals surface area contributed by atoms with Crippen molar-refractivity contribution in [2.75, 3.05) is 24.7 Å². The molecule has 0 heterocycles. The smallest absolute Gasteiger partial charge is 0.240 e. The molecule has 6 nitrogen and oxygen atoms in total. The lowest BCUT2D eigenvalue weighted by atomic mass is 10.2. The molecule has 0 saturated heterocycles. The van der Waals surface area contributed by atoms with Crippen LogP contribution in [0, 0.1) is 5.82 Å². The van der Waals surface area contributed by atoms with Gasteiger partial charge < -0.3 is 10.1 Å². The van der Waals surface area contributed by atoms with Crippen molar-refractivity contribution in [2.24, 2.45) is 0 Å². The van der Waals surface area contributed by atoms with E-state index in [-0.39, 0.29) is 28.9 Å². The molecule has 0 spiro atoms. The van der Waals surface area contributed by atoms with Gasteiger partial charge in [0.25, 0.3) is 0 Å². The van der Waals surface area contributed by atoms with Crippen molar-refractivity contribution in [1.82, 2.24) is 4.72 Å². The summed E-state index contributed by atoms with van der Waals surface area (Å²) in [6, 6.07) is 10.7. The van der Waals surface area contributed by atoms with E-state index in [2.05, 4.69) is 10.0 Å². The molecule has 0 bridgehead atoms. The summed E-state index contributed by atoms with van der Waals surface area (Å²) >= 11 is 1.43. The Morgan fingerprint density at radius 3 is 2.63 bits per heavy atom. The molecule has 0 unspecified atom stereocenters. The van der Waals surface area contributed by atoms with E-state index in [0.29, 0.717) is 22.8 Å². The van der Waals surface area contributed by atoms with Gasteiger partial charge in [-0.05, 0) is 29.8 Å². The van der Waals surface area contributed by atoms with Gasteiger partial charge in [0.1, 0.15) is 11.6 Å². The summed E-state index contributed by atoms with van der Waals surface area (Å²) in [5.41, 5.74) is 0.863. The molecule has 2 aromatic rings. The third-order valence-electron chi connectivity index (χ3n) is 3.55. The number of methoxy groups -OCH3 is 1. The first-order valence-electron chi connectivity index (χ1n) is 8.10. The van der Waals surface area contributed by atoms with Crippen LogP contribution < -0.4 is 14.8 Å². The summed E-state index contributed by atoms with van der Waals surface area (Å²) in [5, 5.41) is 2.54. The number of rotatable bonds is 9. The molecule has 0 aromatic heterocycles. The highest BCUT2D eigenvalue weighted by Crippen LogP contribution is 2.27. The molecule has 146 valence electrons. The number of carbonyl (C=O) groups is 1. The Bertz CT molecular complexity index is 904. The number of halogens is 1. The number of hydrogen-bond acceptors (Lipinski definition) is 5. The Hall–Kier alpha value is -2.10. The SMILES string of the molecule is COc1ccc(S(=O)(=O)NCCSCc2ccccc2F)cc1NC(C)=O. The maximum atomic E-state index is 13.5. The zero-order valence-corrected chi connectivity index (χ0v) is 16.6. The first-order chi connectivity index (χ1) is 12.8. The predicted octanol–water partition coefficient (Wildman–Crippen LogP) is 3.00. The van der Waals surface area contributed by atoms with Crippen molar-refractivity contribution >= 4 is 33.4 Å². The number of carbonyl (C=O) groups excluding carboxylic acids is 1. The zero-order valence-electron chi connectivity index (χ0n) is 15.0. The molecule has 0 aliphatic rings. The van der Waals surface area contributed by atoms with E-state index in [1.807, 2.05) is 0 Å². The monoisotopic (exact) mass is 412 g/mol. The van der Waals surface area contributed by atoms with Gasteiger partial charge in [-0.15, -0.1) is 0 Å². The second-order valence-corrected chi connectivity index (χ2v) is 8.46. The van der Waals surface area contributed by atoms with Gasteiger partial charge in [0.2, 0.25) is 15.9 Å². The minimum absolute atomic E-state index is 0.0196. The molecule has 0 atom stereocenters. The Balaban J connectivity index is 1.94. The van der Waals surface area contributed by atoms with Gasteiger partial charge in [-0.1, -0.05) is 18.2 Å². The molecule has 0 aliphatic carbocycles. The van der Waals surface area contributed by atoms with Crippen molar-refractivity contribution in [3.8, 4) is 5.75 Å². The van der Waals surface area contributed by atoms with Crippen LogP contribution >= 0.6 is 11.8 Å². The number of ether oxygens (including phenoxy) is 1. The fraction of sp³-hybridized carbons (Fsp3) is 0.278. The van der Waals surface area contributed by atoms with Gasteiger partial charge >= 0.3 is 0 Å². The lowest BCUT2D eigenvalue weighted by Gasteiger charge is -2.12. The first-order valence-corrected chi connectivity index (χ1v) is 10.7. The second kappa shape index (κ2) is 9.72. The molecular formula is C18H21FN2O4S2. The summed E-state index contributed by atoms with van der Waals surface area (Å²) < 4.78 is 46.0. The standard InChI is InChI=1S/C18H21FN2O4S2/c1-13(22)21-17-11-15(7-8-18(17)25-2)27(23,24)20-9-10-26-12-14-5-3-4-6-16(14)19/h3-8,11,20H,9-10,12H2,1-2H3,(H,21,22). The van der Waals surface area contributed by atoms with Crippen LogP contribution in [0.15, 0.2) is 47.4 Å². The van der Waals surface area contributed by atoms with Crippen molar-refractivity contribution in [2.45, 2.75) is 17.6 Å². The van der Waals surface area contributed by atoms with Crippen LogP contribution in [-0.4, -0.2) is 33.7 Å². The summed E-state index contributed by atoms with van der Waals surface area (Å²) in [6.45, 7) is 1.52. The number of nitrogens with one attached hydrogen (secondary N) is 2. The highest BCUT2D eigenvalue weighted by atomic mass is 32.2. The molecule has 2 rings (SSSR count). The second-order valence-electron chi connectivity index (χ2n) is 5.59. The van der Waals surface area contributed by atoms with Crippen LogP contribution in [0.5, 0.6) is 5.75 Å². The van der Waals surface area contributed by atoms with Crippen LogP contribution in [0.1, 0.15) is 12.5 Å². The van der Waals surface area contributed by atoms with E-state index in [1.54, 1.807) is 18.2 Å². The van der Waals surface area contributed by atoms with Gasteiger partial charge in [-0.2, -0.15) is 11.8 Å². The fourth-order valence-corrected chi connectivity index (χ4v) is 4.30. The largest absolute Gasteiger partial charge is 0.495 e. The average molecular weight is 413 g/mol. The topological polar surface area (TPSA) is 84.5 Å². The number of anilines is 1. The molecular weight excluding hydrogens is 391 g/mol. The van der Waals surface area contributed by atoms with E-state index in [1.165, 1.54) is 50.1 Å². The van der Waals surface area contributed by atoms with Gasteiger partial charge in [-0.3, -0.25) is 4.79 Å². The van der Waals surface area contributed by atoms with E-state index in [4.69, 9.17) is 4.74 Å². The molecule has 2 N–H and O–H groups in total. The minimum atomic E-state index is -3.74. The van der Waals surface area contributed by atoms with Crippen LogP contribution in [0.3, 0.4) is 0 Å². The van der Waals surface area contributed by atoms with Gasteiger partial charge in [-0.25, -0.2) is 17.5 Å². The van der Waals surface area contributed by atoms with Crippen LogP contribution in [-0.2, 0) is 20.6 Å². The Kier molecular flexibility index (Phi) is 7.64. The molecule has 0 aliphatic heterocycles. The molecule has 9 heteroatoms. The highest BCUT2D eigenvalue weighted by Gasteiger charge is 2.16. The Morgan fingerprint density at radius 2 is 1.96 bits per heavy atom. The van der Waals surface area contributed by atoms with Crippen LogP contribution in [0.4, 0.5) is 10.1 Å². The molecule has 2 aromatic carbocycles. The number of sulfonamides is 1. The van der Waals surface area contributed by atoms with Crippen molar-refractivity contribution in [3.63, 3.8) is 0 Å². The lowest BCUT2D eigenvalue weighted by Crippen LogP contribution is -2.26. The summed E-state index contributed by atoms with van der Waals surface area (Å²) in [5.74, 6) is 0.713. The number of benzene rings is 2. The highest BCUT2D eigenvalue weighted by molar-refractivity contribution is 7.98. The fourth-order valence-electron chi connectivity index (χ4n) is 2.27. The maximum Gasteiger partial charge on any atom is 0.240 e. The maximum absolute atomic E-state index is 13.5. The first kappa shape index (κ1) is 21.2. The van der Waals surface area contributed by atoms with Crippen molar-refractivity contribution in [3.05, 3.63) is 53.8 Å². The lowest BCUT2D eigenvalue weighted by molar-refractivity contribution is -0.114. The summed E-state index contributed by atoms with van der Waals surface area (Å²) in [6.07, 6.45) is 0. The van der Waals surface area contributed by atoms with Gasteiger partial charge in [0.15, 0.2) is 0 Å². The quantitative estimate of drug-likeness (QED) is 0.619. The molecule has 27 heavy (non-hydrogen) atoms. The van der Waals surface area contributed by atoms with Crippen LogP contribution in [0.2, 0.25) is 0 Å². The number of amides is 1. The number of thioether (sulfide) groups is 1. The van der Waals surface area contributed by atoms with Crippen LogP contribution in [0.25, 0.3) is 0 Å². The summed E-state index contributed by atoms with van der Waals surface area (Å²) in [7, 11) is -2.31. The zero-order chi connectivity index (χ0) is 19.9. The predicted molar refractivity (Wildman–Crippen MR) is 105 cm³/mol. The van der Waals surface area contributed by atoms with E-state index in [0.717, 1.165) is 0 Å². The average Bonchev–Trinajstić information content (AvgIpc) is 2.62. The third kappa shape index (κ3) is 6.23. The molecule has 0 radical (unpaired) electrons. The third-order valence-corrected chi connectivity index (χ3v) is 6.01. The van der Waals surface area contributed by atoms with Crippen molar-refractivity contribution < 1.29 is 22.3 Å².